The molecular weight excluding hydrogens is 146 g/mol. The Morgan fingerprint density at radius 3 is 2.36 bits per heavy atom. The van der Waals surface area contributed by atoms with Crippen molar-refractivity contribution < 1.29 is 14.7 Å². The van der Waals surface area contributed by atoms with E-state index in [1.54, 1.807) is 13.0 Å². The van der Waals surface area contributed by atoms with Gasteiger partial charge in [0.25, 0.3) is 0 Å². The van der Waals surface area contributed by atoms with E-state index >= 15 is 0 Å². The van der Waals surface area contributed by atoms with Gasteiger partial charge in [0.2, 0.25) is 5.91 Å². The predicted molar refractivity (Wildman–Crippen MR) is 40.1 cm³/mol. The van der Waals surface area contributed by atoms with Crippen molar-refractivity contribution in [2.24, 2.45) is 0 Å². The van der Waals surface area contributed by atoms with Crippen molar-refractivity contribution >= 4 is 11.9 Å². The number of hydrogen-bond donors (Lipinski definition) is 2. The number of nitrogens with one attached hydrogen (secondary N) is 1. The fourth-order valence-corrected chi connectivity index (χ4v) is 0.604. The largest absolute Gasteiger partial charge is 0.479 e. The van der Waals surface area contributed by atoms with Crippen LogP contribution in [0.3, 0.4) is 0 Å². The van der Waals surface area contributed by atoms with E-state index < -0.39 is 12.0 Å². The molecule has 0 aliphatic heterocycles. The van der Waals surface area contributed by atoms with Crippen LogP contribution in [0.2, 0.25) is 0 Å². The Kier molecular flexibility index (Phi) is 3.95. The number of carboxylic acids is 1. The molecule has 0 aromatic heterocycles. The quantitative estimate of drug-likeness (QED) is 0.573. The minimum absolute atomic E-state index is 0.351. The first kappa shape index (κ1) is 9.68. The Labute approximate surface area is 64.9 Å². The van der Waals surface area contributed by atoms with Crippen LogP contribution in [0.25, 0.3) is 0 Å². The molecule has 4 nitrogen and oxygen atoms in total. The van der Waals surface area contributed by atoms with Gasteiger partial charge in [0.1, 0.15) is 6.04 Å². The summed E-state index contributed by atoms with van der Waals surface area (Å²) >= 11 is 0. The third-order valence-electron chi connectivity index (χ3n) is 1.01. The summed E-state index contributed by atoms with van der Waals surface area (Å²) in [4.78, 5) is 20.8. The second-order valence-electron chi connectivity index (χ2n) is 2.04. The van der Waals surface area contributed by atoms with Gasteiger partial charge in [-0.05, 0) is 6.92 Å². The molecule has 0 radical (unpaired) electrons. The van der Waals surface area contributed by atoms with Crippen molar-refractivity contribution in [1.29, 1.82) is 0 Å². The summed E-state index contributed by atoms with van der Waals surface area (Å²) in [7, 11) is 0. The summed E-state index contributed by atoms with van der Waals surface area (Å²) in [6.45, 7) is 2.97. The summed E-state index contributed by atoms with van der Waals surface area (Å²) in [5, 5.41) is 10.7. The second kappa shape index (κ2) is 4.49. The average molecular weight is 157 g/mol. The Morgan fingerprint density at radius 1 is 1.55 bits per heavy atom. The first-order chi connectivity index (χ1) is 5.07. The highest BCUT2D eigenvalue weighted by Gasteiger charge is 2.13. The summed E-state index contributed by atoms with van der Waals surface area (Å²) < 4.78 is 0. The molecule has 4 heteroatoms. The molecule has 0 aliphatic rings. The maximum atomic E-state index is 10.4. The molecule has 0 aromatic rings. The number of carbonyl (C=O) groups is 2. The Balaban J connectivity index is 4.11. The lowest BCUT2D eigenvalue weighted by atomic mass is 10.3. The van der Waals surface area contributed by atoms with E-state index in [9.17, 15) is 9.59 Å². The van der Waals surface area contributed by atoms with Gasteiger partial charge in [-0.15, -0.1) is 0 Å². The Morgan fingerprint density at radius 2 is 2.09 bits per heavy atom. The van der Waals surface area contributed by atoms with Crippen LogP contribution in [0.4, 0.5) is 0 Å². The van der Waals surface area contributed by atoms with Crippen molar-refractivity contribution in [2.75, 3.05) is 0 Å². The number of aliphatic carboxylic acids is 1. The molecule has 0 fully saturated rings. The molecule has 62 valence electrons. The molecule has 0 saturated heterocycles. The SMILES string of the molecule is C/C=C/C(NC(C)=O)C(=O)O. The number of carboxylic acid groups (broad SMARTS) is 1. The number of carbonyl (C=O) groups excluding carboxylic acids is 1. The van der Waals surface area contributed by atoms with Gasteiger partial charge in [0, 0.05) is 6.92 Å². The minimum atomic E-state index is -1.06. The second-order valence-corrected chi connectivity index (χ2v) is 2.04. The first-order valence-corrected chi connectivity index (χ1v) is 3.20. The third-order valence-corrected chi connectivity index (χ3v) is 1.01. The van der Waals surface area contributed by atoms with Crippen LogP contribution in [0.1, 0.15) is 13.8 Å². The van der Waals surface area contributed by atoms with Crippen LogP contribution in [0, 0.1) is 0 Å². The molecule has 0 bridgehead atoms. The highest BCUT2D eigenvalue weighted by molar-refractivity contribution is 5.83. The topological polar surface area (TPSA) is 66.4 Å². The lowest BCUT2D eigenvalue weighted by molar-refractivity contribution is -0.140. The normalized spacial score (nSPS) is 12.9. The van der Waals surface area contributed by atoms with Crippen molar-refractivity contribution in [3.05, 3.63) is 12.2 Å². The van der Waals surface area contributed by atoms with E-state index in [4.69, 9.17) is 5.11 Å². The highest BCUT2D eigenvalue weighted by Crippen LogP contribution is 1.86. The van der Waals surface area contributed by atoms with Crippen LogP contribution in [-0.4, -0.2) is 23.0 Å². The lowest BCUT2D eigenvalue weighted by Gasteiger charge is -2.06. The highest BCUT2D eigenvalue weighted by atomic mass is 16.4. The summed E-state index contributed by atoms with van der Waals surface area (Å²) in [5.41, 5.74) is 0. The van der Waals surface area contributed by atoms with Crippen LogP contribution in [0.15, 0.2) is 12.2 Å². The third kappa shape index (κ3) is 4.13. The molecule has 0 spiro atoms. The molecule has 0 aromatic carbocycles. The maximum absolute atomic E-state index is 10.4. The van der Waals surface area contributed by atoms with Crippen molar-refractivity contribution in [2.45, 2.75) is 19.9 Å². The fourth-order valence-electron chi connectivity index (χ4n) is 0.604. The lowest BCUT2D eigenvalue weighted by Crippen LogP contribution is -2.37. The summed E-state index contributed by atoms with van der Waals surface area (Å²) in [6, 6.07) is -0.905. The van der Waals surface area contributed by atoms with E-state index in [0.29, 0.717) is 0 Å². The predicted octanol–water partition coefficient (Wildman–Crippen LogP) is 0.152. The van der Waals surface area contributed by atoms with Crippen LogP contribution >= 0.6 is 0 Å². The zero-order valence-electron chi connectivity index (χ0n) is 6.50. The molecule has 2 N–H and O–H groups in total. The molecule has 0 rings (SSSR count). The van der Waals surface area contributed by atoms with E-state index in [1.165, 1.54) is 13.0 Å². The number of hydrogen-bond acceptors (Lipinski definition) is 2. The monoisotopic (exact) mass is 157 g/mol. The van der Waals surface area contributed by atoms with Gasteiger partial charge in [0.15, 0.2) is 0 Å². The smallest absolute Gasteiger partial charge is 0.330 e. The number of rotatable bonds is 3. The van der Waals surface area contributed by atoms with Crippen molar-refractivity contribution in [1.82, 2.24) is 5.32 Å². The average Bonchev–Trinajstić information content (AvgIpc) is 1.86. The minimum Gasteiger partial charge on any atom is -0.479 e. The summed E-state index contributed by atoms with van der Waals surface area (Å²) in [6.07, 6.45) is 2.98. The molecule has 11 heavy (non-hydrogen) atoms. The van der Waals surface area contributed by atoms with Crippen molar-refractivity contribution in [3.8, 4) is 0 Å². The van der Waals surface area contributed by atoms with Gasteiger partial charge in [0.05, 0.1) is 0 Å². The molecule has 0 heterocycles. The Hall–Kier alpha value is -1.32. The van der Waals surface area contributed by atoms with Gasteiger partial charge in [-0.25, -0.2) is 4.79 Å². The van der Waals surface area contributed by atoms with E-state index in [0.717, 1.165) is 0 Å². The zero-order chi connectivity index (χ0) is 8.85. The van der Waals surface area contributed by atoms with E-state index in [1.807, 2.05) is 0 Å². The van der Waals surface area contributed by atoms with E-state index in [2.05, 4.69) is 5.32 Å². The van der Waals surface area contributed by atoms with Crippen LogP contribution in [0.5, 0.6) is 0 Å². The fraction of sp³-hybridized carbons (Fsp3) is 0.429. The van der Waals surface area contributed by atoms with Crippen LogP contribution < -0.4 is 5.32 Å². The van der Waals surface area contributed by atoms with Gasteiger partial charge < -0.3 is 10.4 Å². The molecule has 1 amide bonds. The maximum Gasteiger partial charge on any atom is 0.330 e. The standard InChI is InChI=1S/C7H11NO3/c1-3-4-6(7(10)11)8-5(2)9/h3-4,6H,1-2H3,(H,8,9)(H,10,11)/b4-3+. The molecular formula is C7H11NO3. The zero-order valence-corrected chi connectivity index (χ0v) is 6.50. The van der Waals surface area contributed by atoms with Gasteiger partial charge in [-0.1, -0.05) is 12.2 Å². The number of allylic oxidation sites excluding steroid dienone is 1. The van der Waals surface area contributed by atoms with Gasteiger partial charge in [-0.2, -0.15) is 0 Å². The van der Waals surface area contributed by atoms with Crippen LogP contribution in [-0.2, 0) is 9.59 Å². The van der Waals surface area contributed by atoms with Gasteiger partial charge in [-0.3, -0.25) is 4.79 Å². The van der Waals surface area contributed by atoms with E-state index in [-0.39, 0.29) is 5.91 Å². The Bertz CT molecular complexity index is 186. The first-order valence-electron chi connectivity index (χ1n) is 3.20. The molecule has 1 atom stereocenters. The molecule has 1 unspecified atom stereocenters. The van der Waals surface area contributed by atoms with Crippen molar-refractivity contribution in [3.63, 3.8) is 0 Å². The molecule has 0 aliphatic carbocycles. The summed E-state index contributed by atoms with van der Waals surface area (Å²) in [5.74, 6) is -1.41. The van der Waals surface area contributed by atoms with Gasteiger partial charge >= 0.3 is 5.97 Å². The number of amides is 1. The molecule has 0 saturated carbocycles.